The van der Waals surface area contributed by atoms with Gasteiger partial charge in [0, 0.05) is 11.0 Å². The fraction of sp³-hybridized carbons (Fsp3) is 0.533. The number of hydrogen-bond donors (Lipinski definition) is 1. The summed E-state index contributed by atoms with van der Waals surface area (Å²) in [5.74, 6) is 0.640. The lowest BCUT2D eigenvalue weighted by atomic mass is 9.70. The monoisotopic (exact) mass is 249 g/mol. The van der Waals surface area contributed by atoms with Crippen molar-refractivity contribution in [2.75, 3.05) is 6.61 Å². The minimum Gasteiger partial charge on any atom is -0.493 e. The number of benzene rings is 1. The highest BCUT2D eigenvalue weighted by Crippen LogP contribution is 2.35. The average molecular weight is 249 g/mol. The summed E-state index contributed by atoms with van der Waals surface area (Å²) in [6.45, 7) is 9.93. The van der Waals surface area contributed by atoms with Gasteiger partial charge < -0.3 is 10.5 Å². The second kappa shape index (κ2) is 5.11. The van der Waals surface area contributed by atoms with Crippen LogP contribution in [0.25, 0.3) is 0 Å². The summed E-state index contributed by atoms with van der Waals surface area (Å²) in [4.78, 5) is 12.6. The Kier molecular flexibility index (Phi) is 4.17. The Morgan fingerprint density at radius 1 is 1.22 bits per heavy atom. The van der Waals surface area contributed by atoms with Gasteiger partial charge in [0.25, 0.3) is 0 Å². The fourth-order valence-corrected chi connectivity index (χ4v) is 1.56. The van der Waals surface area contributed by atoms with Gasteiger partial charge in [-0.3, -0.25) is 4.79 Å². The van der Waals surface area contributed by atoms with Gasteiger partial charge in [-0.15, -0.1) is 0 Å². The van der Waals surface area contributed by atoms with Crippen molar-refractivity contribution in [3.8, 4) is 5.75 Å². The molecule has 3 nitrogen and oxygen atoms in total. The maximum absolute atomic E-state index is 12.6. The lowest BCUT2D eigenvalue weighted by Crippen LogP contribution is -2.51. The molecule has 0 saturated heterocycles. The predicted octanol–water partition coefficient (Wildman–Crippen LogP) is 3.03. The van der Waals surface area contributed by atoms with Crippen LogP contribution >= 0.6 is 0 Å². The number of rotatable bonds is 5. The van der Waals surface area contributed by atoms with Crippen molar-refractivity contribution < 1.29 is 9.53 Å². The molecule has 1 rings (SSSR count). The van der Waals surface area contributed by atoms with Gasteiger partial charge in [-0.05, 0) is 32.9 Å². The molecular weight excluding hydrogens is 226 g/mol. The minimum atomic E-state index is -0.653. The molecule has 0 aliphatic heterocycles. The molecule has 0 fully saturated rings. The van der Waals surface area contributed by atoms with Gasteiger partial charge in [0.05, 0.1) is 12.2 Å². The van der Waals surface area contributed by atoms with E-state index >= 15 is 0 Å². The lowest BCUT2D eigenvalue weighted by molar-refractivity contribution is 0.0731. The van der Waals surface area contributed by atoms with Crippen LogP contribution in [0.5, 0.6) is 5.75 Å². The first-order valence-corrected chi connectivity index (χ1v) is 6.27. The van der Waals surface area contributed by atoms with Gasteiger partial charge >= 0.3 is 0 Å². The van der Waals surface area contributed by atoms with E-state index in [4.69, 9.17) is 10.5 Å². The number of ether oxygens (including phenoxy) is 1. The second-order valence-corrected chi connectivity index (χ2v) is 5.60. The minimum absolute atomic E-state index is 0.0130. The van der Waals surface area contributed by atoms with Crippen molar-refractivity contribution in [2.45, 2.75) is 40.2 Å². The maximum Gasteiger partial charge on any atom is 0.173 e. The molecule has 1 aromatic carbocycles. The van der Waals surface area contributed by atoms with E-state index in [0.717, 1.165) is 0 Å². The summed E-state index contributed by atoms with van der Waals surface area (Å²) < 4.78 is 5.50. The van der Waals surface area contributed by atoms with E-state index < -0.39 is 11.0 Å². The van der Waals surface area contributed by atoms with Crippen LogP contribution in [0, 0.1) is 5.41 Å². The molecule has 0 bridgehead atoms. The number of nitrogens with two attached hydrogens (primary N) is 1. The standard InChI is InChI=1S/C15H23NO2/c1-6-18-12-10-8-7-9-11(12)13(17)14(2,3)15(4,5)16/h7-10H,6,16H2,1-5H3. The Balaban J connectivity index is 3.19. The fourth-order valence-electron chi connectivity index (χ4n) is 1.56. The second-order valence-electron chi connectivity index (χ2n) is 5.60. The topological polar surface area (TPSA) is 52.3 Å². The summed E-state index contributed by atoms with van der Waals surface area (Å²) in [7, 11) is 0. The average Bonchev–Trinajstić information content (AvgIpc) is 2.28. The zero-order valence-corrected chi connectivity index (χ0v) is 11.9. The van der Waals surface area contributed by atoms with Gasteiger partial charge in [-0.1, -0.05) is 26.0 Å². The zero-order chi connectivity index (χ0) is 14.0. The van der Waals surface area contributed by atoms with Crippen LogP contribution in [-0.2, 0) is 0 Å². The number of hydrogen-bond acceptors (Lipinski definition) is 3. The molecule has 0 aliphatic carbocycles. The van der Waals surface area contributed by atoms with Crippen molar-refractivity contribution in [3.63, 3.8) is 0 Å². The molecule has 0 aromatic heterocycles. The summed E-state index contributed by atoms with van der Waals surface area (Å²) in [5.41, 5.74) is 5.47. The molecule has 18 heavy (non-hydrogen) atoms. The van der Waals surface area contributed by atoms with E-state index in [1.807, 2.05) is 52.8 Å². The van der Waals surface area contributed by atoms with Crippen molar-refractivity contribution in [1.82, 2.24) is 0 Å². The number of Topliss-reactive ketones (excluding diaryl/α,β-unsaturated/α-hetero) is 1. The van der Waals surface area contributed by atoms with E-state index in [-0.39, 0.29) is 5.78 Å². The van der Waals surface area contributed by atoms with Crippen LogP contribution < -0.4 is 10.5 Å². The molecule has 3 heteroatoms. The van der Waals surface area contributed by atoms with Crippen molar-refractivity contribution in [3.05, 3.63) is 29.8 Å². The van der Waals surface area contributed by atoms with Gasteiger partial charge in [0.2, 0.25) is 0 Å². The Morgan fingerprint density at radius 3 is 2.28 bits per heavy atom. The van der Waals surface area contributed by atoms with Crippen LogP contribution in [0.1, 0.15) is 45.0 Å². The summed E-state index contributed by atoms with van der Waals surface area (Å²) in [6, 6.07) is 7.31. The highest BCUT2D eigenvalue weighted by atomic mass is 16.5. The first-order valence-electron chi connectivity index (χ1n) is 6.27. The van der Waals surface area contributed by atoms with E-state index in [2.05, 4.69) is 0 Å². The highest BCUT2D eigenvalue weighted by molar-refractivity contribution is 6.03. The molecule has 0 radical (unpaired) electrons. The van der Waals surface area contributed by atoms with Crippen LogP contribution in [0.3, 0.4) is 0 Å². The van der Waals surface area contributed by atoms with Gasteiger partial charge in [-0.25, -0.2) is 0 Å². The molecule has 0 atom stereocenters. The van der Waals surface area contributed by atoms with Crippen molar-refractivity contribution >= 4 is 5.78 Å². The summed E-state index contributed by atoms with van der Waals surface area (Å²) >= 11 is 0. The highest BCUT2D eigenvalue weighted by Gasteiger charge is 2.41. The number of carbonyl (C=O) groups is 1. The molecule has 0 heterocycles. The Hall–Kier alpha value is -1.35. The van der Waals surface area contributed by atoms with Crippen LogP contribution in [-0.4, -0.2) is 17.9 Å². The molecule has 0 aliphatic rings. The Labute approximate surface area is 109 Å². The van der Waals surface area contributed by atoms with Crippen LogP contribution in [0.4, 0.5) is 0 Å². The maximum atomic E-state index is 12.6. The van der Waals surface area contributed by atoms with Crippen LogP contribution in [0.15, 0.2) is 24.3 Å². The first-order chi connectivity index (χ1) is 8.21. The lowest BCUT2D eigenvalue weighted by Gasteiger charge is -2.37. The van der Waals surface area contributed by atoms with Crippen LogP contribution in [0.2, 0.25) is 0 Å². The SMILES string of the molecule is CCOc1ccccc1C(=O)C(C)(C)C(C)(C)N. The quantitative estimate of drug-likeness (QED) is 0.816. The summed E-state index contributed by atoms with van der Waals surface area (Å²) in [6.07, 6.45) is 0. The van der Waals surface area contributed by atoms with E-state index in [1.165, 1.54) is 0 Å². The number of ketones is 1. The molecular formula is C15H23NO2. The normalized spacial score (nSPS) is 12.3. The van der Waals surface area contributed by atoms with Gasteiger partial charge in [0.1, 0.15) is 5.75 Å². The van der Waals surface area contributed by atoms with Crippen molar-refractivity contribution in [1.29, 1.82) is 0 Å². The zero-order valence-electron chi connectivity index (χ0n) is 11.9. The van der Waals surface area contributed by atoms with E-state index in [0.29, 0.717) is 17.9 Å². The largest absolute Gasteiger partial charge is 0.493 e. The summed E-state index contributed by atoms with van der Waals surface area (Å²) in [5, 5.41) is 0. The Morgan fingerprint density at radius 2 is 1.78 bits per heavy atom. The molecule has 100 valence electrons. The third-order valence-electron chi connectivity index (χ3n) is 3.61. The van der Waals surface area contributed by atoms with Gasteiger partial charge in [0.15, 0.2) is 5.78 Å². The van der Waals surface area contributed by atoms with Crippen molar-refractivity contribution in [2.24, 2.45) is 11.1 Å². The molecule has 0 amide bonds. The third kappa shape index (κ3) is 2.72. The third-order valence-corrected chi connectivity index (χ3v) is 3.61. The predicted molar refractivity (Wildman–Crippen MR) is 74.0 cm³/mol. The molecule has 0 unspecified atom stereocenters. The van der Waals surface area contributed by atoms with Gasteiger partial charge in [-0.2, -0.15) is 0 Å². The van der Waals surface area contributed by atoms with E-state index in [9.17, 15) is 4.79 Å². The molecule has 2 N–H and O–H groups in total. The number of carbonyl (C=O) groups excluding carboxylic acids is 1. The Bertz CT molecular complexity index is 430. The molecule has 1 aromatic rings. The molecule has 0 spiro atoms. The van der Waals surface area contributed by atoms with E-state index in [1.54, 1.807) is 6.07 Å². The molecule has 0 saturated carbocycles. The first kappa shape index (κ1) is 14.7. The number of para-hydroxylation sites is 1. The smallest absolute Gasteiger partial charge is 0.173 e.